The summed E-state index contributed by atoms with van der Waals surface area (Å²) in [7, 11) is -3.15. The molecule has 0 unspecified atom stereocenters. The van der Waals surface area contributed by atoms with Gasteiger partial charge in [-0.15, -0.1) is 0 Å². The van der Waals surface area contributed by atoms with E-state index < -0.39 is 16.6 Å². The van der Waals surface area contributed by atoms with Crippen molar-refractivity contribution < 1.29 is 18.3 Å². The van der Waals surface area contributed by atoms with E-state index in [1.165, 1.54) is 9.21 Å². The SMILES string of the molecule is CS(=O)(=O)N1CCN(C(=O)CO)CC1. The van der Waals surface area contributed by atoms with Crippen molar-refractivity contribution in [2.45, 2.75) is 0 Å². The van der Waals surface area contributed by atoms with Crippen LogP contribution in [0.25, 0.3) is 0 Å². The Hall–Kier alpha value is -0.660. The first-order valence-corrected chi connectivity index (χ1v) is 6.13. The van der Waals surface area contributed by atoms with Gasteiger partial charge in [-0.25, -0.2) is 8.42 Å². The smallest absolute Gasteiger partial charge is 0.248 e. The van der Waals surface area contributed by atoms with Gasteiger partial charge in [0.15, 0.2) is 0 Å². The van der Waals surface area contributed by atoms with Crippen LogP contribution in [-0.4, -0.2) is 67.7 Å². The molecule has 1 N–H and O–H groups in total. The predicted octanol–water partition coefficient (Wildman–Crippen LogP) is -1.92. The summed E-state index contributed by atoms with van der Waals surface area (Å²) >= 11 is 0. The third-order valence-corrected chi connectivity index (χ3v) is 3.50. The maximum atomic E-state index is 11.1. The van der Waals surface area contributed by atoms with Gasteiger partial charge in [-0.1, -0.05) is 0 Å². The maximum absolute atomic E-state index is 11.1. The molecule has 1 fully saturated rings. The summed E-state index contributed by atoms with van der Waals surface area (Å²) in [4.78, 5) is 12.5. The van der Waals surface area contributed by atoms with Crippen LogP contribution < -0.4 is 0 Å². The fraction of sp³-hybridized carbons (Fsp3) is 0.857. The number of hydrogen-bond acceptors (Lipinski definition) is 4. The van der Waals surface area contributed by atoms with Crippen molar-refractivity contribution >= 4 is 15.9 Å². The Kier molecular flexibility index (Phi) is 3.46. The number of carbonyl (C=O) groups excluding carboxylic acids is 1. The van der Waals surface area contributed by atoms with Gasteiger partial charge in [0.05, 0.1) is 6.26 Å². The van der Waals surface area contributed by atoms with E-state index in [0.29, 0.717) is 26.2 Å². The highest BCUT2D eigenvalue weighted by atomic mass is 32.2. The molecule has 0 saturated carbocycles. The van der Waals surface area contributed by atoms with Crippen LogP contribution in [0.15, 0.2) is 0 Å². The summed E-state index contributed by atoms with van der Waals surface area (Å²) in [5, 5.41) is 8.59. The fourth-order valence-corrected chi connectivity index (χ4v) is 2.20. The van der Waals surface area contributed by atoms with Gasteiger partial charge in [-0.2, -0.15) is 4.31 Å². The number of sulfonamides is 1. The van der Waals surface area contributed by atoms with Crippen LogP contribution in [0.3, 0.4) is 0 Å². The molecule has 0 aromatic carbocycles. The fourth-order valence-electron chi connectivity index (χ4n) is 1.37. The summed E-state index contributed by atoms with van der Waals surface area (Å²) in [6.07, 6.45) is 1.15. The maximum Gasteiger partial charge on any atom is 0.248 e. The number of piperazine rings is 1. The van der Waals surface area contributed by atoms with Gasteiger partial charge in [0.25, 0.3) is 0 Å². The molecular formula is C7H14N2O4S. The van der Waals surface area contributed by atoms with Crippen molar-refractivity contribution in [2.24, 2.45) is 0 Å². The molecule has 1 rings (SSSR count). The molecule has 0 radical (unpaired) electrons. The number of hydrogen-bond donors (Lipinski definition) is 1. The van der Waals surface area contributed by atoms with Crippen molar-refractivity contribution in [1.29, 1.82) is 0 Å². The van der Waals surface area contributed by atoms with Crippen LogP contribution in [0.2, 0.25) is 0 Å². The molecule has 0 bridgehead atoms. The lowest BCUT2D eigenvalue weighted by Crippen LogP contribution is -2.50. The molecule has 0 atom stereocenters. The van der Waals surface area contributed by atoms with Crippen LogP contribution in [0.1, 0.15) is 0 Å². The summed E-state index contributed by atoms with van der Waals surface area (Å²) in [5.74, 6) is -0.349. The van der Waals surface area contributed by atoms with Gasteiger partial charge in [0.2, 0.25) is 15.9 Å². The third kappa shape index (κ3) is 2.66. The number of nitrogens with zero attached hydrogens (tertiary/aromatic N) is 2. The van der Waals surface area contributed by atoms with Crippen LogP contribution in [0.4, 0.5) is 0 Å². The first kappa shape index (κ1) is 11.4. The lowest BCUT2D eigenvalue weighted by molar-refractivity contribution is -0.135. The summed E-state index contributed by atoms with van der Waals surface area (Å²) in [5.41, 5.74) is 0. The van der Waals surface area contributed by atoms with Crippen LogP contribution >= 0.6 is 0 Å². The molecule has 1 aliphatic rings. The highest BCUT2D eigenvalue weighted by molar-refractivity contribution is 7.88. The first-order chi connectivity index (χ1) is 6.45. The van der Waals surface area contributed by atoms with E-state index in [-0.39, 0.29) is 5.91 Å². The zero-order chi connectivity index (χ0) is 10.8. The van der Waals surface area contributed by atoms with Gasteiger partial charge >= 0.3 is 0 Å². The summed E-state index contributed by atoms with van der Waals surface area (Å²) in [6, 6.07) is 0. The van der Waals surface area contributed by atoms with E-state index in [9.17, 15) is 13.2 Å². The molecule has 0 aliphatic carbocycles. The first-order valence-electron chi connectivity index (χ1n) is 4.29. The van der Waals surface area contributed by atoms with E-state index in [4.69, 9.17) is 5.11 Å². The molecule has 82 valence electrons. The second kappa shape index (κ2) is 4.24. The topological polar surface area (TPSA) is 77.9 Å². The summed E-state index contributed by atoms with van der Waals surface area (Å²) in [6.45, 7) is 0.812. The third-order valence-electron chi connectivity index (χ3n) is 2.20. The van der Waals surface area contributed by atoms with E-state index in [2.05, 4.69) is 0 Å². The van der Waals surface area contributed by atoms with Gasteiger partial charge < -0.3 is 10.0 Å². The highest BCUT2D eigenvalue weighted by Crippen LogP contribution is 2.05. The van der Waals surface area contributed by atoms with Gasteiger partial charge in [-0.05, 0) is 0 Å². The second-order valence-electron chi connectivity index (χ2n) is 3.20. The van der Waals surface area contributed by atoms with Gasteiger partial charge in [0, 0.05) is 26.2 Å². The average molecular weight is 222 g/mol. The molecule has 14 heavy (non-hydrogen) atoms. The molecule has 1 aliphatic heterocycles. The lowest BCUT2D eigenvalue weighted by atomic mass is 10.3. The number of carbonyl (C=O) groups is 1. The van der Waals surface area contributed by atoms with Crippen molar-refractivity contribution in [2.75, 3.05) is 39.0 Å². The highest BCUT2D eigenvalue weighted by Gasteiger charge is 2.25. The molecule has 1 amide bonds. The van der Waals surface area contributed by atoms with E-state index in [1.54, 1.807) is 0 Å². The monoisotopic (exact) mass is 222 g/mol. The van der Waals surface area contributed by atoms with Crippen LogP contribution in [-0.2, 0) is 14.8 Å². The normalized spacial score (nSPS) is 19.7. The molecule has 1 saturated heterocycles. The predicted molar refractivity (Wildman–Crippen MR) is 50.1 cm³/mol. The van der Waals surface area contributed by atoms with Crippen LogP contribution in [0.5, 0.6) is 0 Å². The van der Waals surface area contributed by atoms with Crippen molar-refractivity contribution in [1.82, 2.24) is 9.21 Å². The van der Waals surface area contributed by atoms with E-state index in [0.717, 1.165) is 6.26 Å². The number of rotatable bonds is 2. The van der Waals surface area contributed by atoms with Crippen molar-refractivity contribution in [3.63, 3.8) is 0 Å². The largest absolute Gasteiger partial charge is 0.387 e. The van der Waals surface area contributed by atoms with E-state index in [1.807, 2.05) is 0 Å². The molecule has 0 spiro atoms. The standard InChI is InChI=1S/C7H14N2O4S/c1-14(12,13)9-4-2-8(3-5-9)7(11)6-10/h10H,2-6H2,1H3. The zero-order valence-electron chi connectivity index (χ0n) is 8.01. The van der Waals surface area contributed by atoms with E-state index >= 15 is 0 Å². The minimum absolute atomic E-state index is 0.310. The Morgan fingerprint density at radius 3 is 2.14 bits per heavy atom. The number of aliphatic hydroxyl groups excluding tert-OH is 1. The molecule has 1 heterocycles. The van der Waals surface area contributed by atoms with Gasteiger partial charge in [-0.3, -0.25) is 4.79 Å². The minimum Gasteiger partial charge on any atom is -0.387 e. The number of amides is 1. The van der Waals surface area contributed by atoms with Crippen molar-refractivity contribution in [3.8, 4) is 0 Å². The Labute approximate surface area is 83.2 Å². The minimum atomic E-state index is -3.15. The zero-order valence-corrected chi connectivity index (χ0v) is 8.83. The molecular weight excluding hydrogens is 208 g/mol. The molecule has 6 nitrogen and oxygen atoms in total. The van der Waals surface area contributed by atoms with Crippen molar-refractivity contribution in [3.05, 3.63) is 0 Å². The lowest BCUT2D eigenvalue weighted by Gasteiger charge is -2.32. The molecule has 7 heteroatoms. The Morgan fingerprint density at radius 1 is 1.29 bits per heavy atom. The van der Waals surface area contributed by atoms with Crippen LogP contribution in [0, 0.1) is 0 Å². The number of aliphatic hydroxyl groups is 1. The molecule has 0 aromatic heterocycles. The quantitative estimate of drug-likeness (QED) is 0.591. The Balaban J connectivity index is 2.51. The van der Waals surface area contributed by atoms with Gasteiger partial charge in [0.1, 0.15) is 6.61 Å². The Bertz CT molecular complexity index is 306. The summed E-state index contributed by atoms with van der Waals surface area (Å²) < 4.78 is 23.5. The second-order valence-corrected chi connectivity index (χ2v) is 5.18. The molecule has 0 aromatic rings. The average Bonchev–Trinajstić information content (AvgIpc) is 2.15. The Morgan fingerprint density at radius 2 is 1.79 bits per heavy atom.